The number of hydrogen-bond acceptors (Lipinski definition) is 3. The van der Waals surface area contributed by atoms with Crippen LogP contribution in [0.4, 0.5) is 0 Å². The molecule has 2 heterocycles. The fourth-order valence-corrected chi connectivity index (χ4v) is 1.98. The fraction of sp³-hybridized carbons (Fsp3) is 0.125. The average Bonchev–Trinajstić information content (AvgIpc) is 2.73. The van der Waals surface area contributed by atoms with E-state index >= 15 is 0 Å². The zero-order valence-corrected chi connectivity index (χ0v) is 10.9. The van der Waals surface area contributed by atoms with Crippen molar-refractivity contribution in [3.63, 3.8) is 0 Å². The lowest BCUT2D eigenvalue weighted by molar-refractivity contribution is 0.0934. The van der Waals surface area contributed by atoms with E-state index in [9.17, 15) is 4.79 Å². The molecule has 0 unspecified atom stereocenters. The van der Waals surface area contributed by atoms with Crippen molar-refractivity contribution in [1.29, 1.82) is 0 Å². The summed E-state index contributed by atoms with van der Waals surface area (Å²) in [6.07, 6.45) is 4.73. The van der Waals surface area contributed by atoms with E-state index in [1.807, 2.05) is 0 Å². The maximum absolute atomic E-state index is 12.0. The van der Waals surface area contributed by atoms with Gasteiger partial charge in [-0.3, -0.25) is 9.48 Å². The highest BCUT2D eigenvalue weighted by molar-refractivity contribution is 9.10. The van der Waals surface area contributed by atoms with Crippen LogP contribution in [0.1, 0.15) is 10.5 Å². The largest absolute Gasteiger partial charge is 0.297 e. The van der Waals surface area contributed by atoms with E-state index in [2.05, 4.69) is 42.1 Å². The van der Waals surface area contributed by atoms with Crippen LogP contribution in [0.2, 0.25) is 0 Å². The molecule has 7 heteroatoms. The van der Waals surface area contributed by atoms with Crippen molar-refractivity contribution in [2.24, 2.45) is 7.05 Å². The second-order valence-electron chi connectivity index (χ2n) is 2.87. The van der Waals surface area contributed by atoms with Gasteiger partial charge in [0.1, 0.15) is 5.69 Å². The monoisotopic (exact) mass is 332 g/mol. The third-order valence-corrected chi connectivity index (χ3v) is 2.85. The summed E-state index contributed by atoms with van der Waals surface area (Å²) in [7, 11) is 1.70. The molecule has 2 aromatic rings. The highest BCUT2D eigenvalue weighted by atomic mass is 79.9. The highest BCUT2D eigenvalue weighted by Gasteiger charge is 2.17. The number of halogens is 2. The van der Waals surface area contributed by atoms with Gasteiger partial charge >= 0.3 is 0 Å². The van der Waals surface area contributed by atoms with Crippen molar-refractivity contribution < 1.29 is 4.79 Å². The Bertz CT molecular complexity index is 497. The molecule has 0 aliphatic rings. The molecular formula is C8H6Br2N4O. The summed E-state index contributed by atoms with van der Waals surface area (Å²) in [5.41, 5.74) is 0.464. The van der Waals surface area contributed by atoms with Crippen molar-refractivity contribution in [3.8, 4) is 0 Å². The Morgan fingerprint density at radius 2 is 2.07 bits per heavy atom. The van der Waals surface area contributed by atoms with E-state index < -0.39 is 0 Å². The molecule has 2 aromatic heterocycles. The molecule has 0 saturated carbocycles. The molecule has 0 aromatic carbocycles. The van der Waals surface area contributed by atoms with Gasteiger partial charge in [0, 0.05) is 13.2 Å². The van der Waals surface area contributed by atoms with Crippen molar-refractivity contribution in [3.05, 3.63) is 33.2 Å². The summed E-state index contributed by atoms with van der Waals surface area (Å²) in [6, 6.07) is 0. The Kier molecular flexibility index (Phi) is 2.74. The van der Waals surface area contributed by atoms with Gasteiger partial charge in [0.15, 0.2) is 0 Å². The quantitative estimate of drug-likeness (QED) is 0.800. The van der Waals surface area contributed by atoms with Crippen molar-refractivity contribution in [1.82, 2.24) is 19.6 Å². The van der Waals surface area contributed by atoms with Gasteiger partial charge in [0.2, 0.25) is 0 Å². The van der Waals surface area contributed by atoms with Crippen LogP contribution in [-0.4, -0.2) is 25.5 Å². The minimum atomic E-state index is -0.229. The number of carbonyl (C=O) groups is 1. The van der Waals surface area contributed by atoms with Gasteiger partial charge in [0.05, 0.1) is 21.3 Å². The maximum atomic E-state index is 12.0. The number of carbonyl (C=O) groups excluding carboxylic acids is 1. The zero-order chi connectivity index (χ0) is 11.0. The summed E-state index contributed by atoms with van der Waals surface area (Å²) in [4.78, 5) is 12.0. The summed E-state index contributed by atoms with van der Waals surface area (Å²) in [5, 5.41) is 7.88. The van der Waals surface area contributed by atoms with Crippen LogP contribution in [0.15, 0.2) is 27.5 Å². The molecule has 0 aliphatic carbocycles. The number of rotatable bonds is 1. The van der Waals surface area contributed by atoms with Gasteiger partial charge in [-0.05, 0) is 31.9 Å². The lowest BCUT2D eigenvalue weighted by Crippen LogP contribution is -2.17. The average molecular weight is 334 g/mol. The number of aryl methyl sites for hydroxylation is 1. The zero-order valence-electron chi connectivity index (χ0n) is 7.69. The Morgan fingerprint density at radius 3 is 2.53 bits per heavy atom. The molecule has 0 saturated heterocycles. The van der Waals surface area contributed by atoms with E-state index in [0.717, 1.165) is 4.47 Å². The summed E-state index contributed by atoms with van der Waals surface area (Å²) in [5.74, 6) is -0.229. The van der Waals surface area contributed by atoms with E-state index in [0.29, 0.717) is 10.2 Å². The first kappa shape index (κ1) is 10.6. The van der Waals surface area contributed by atoms with Gasteiger partial charge in [-0.1, -0.05) is 0 Å². The molecule has 0 fully saturated rings. The van der Waals surface area contributed by atoms with Crippen LogP contribution >= 0.6 is 31.9 Å². The second-order valence-corrected chi connectivity index (χ2v) is 4.64. The molecule has 0 bridgehead atoms. The molecule has 0 N–H and O–H groups in total. The second kappa shape index (κ2) is 3.90. The smallest absolute Gasteiger partial charge is 0.265 e. The third kappa shape index (κ3) is 1.89. The number of aromatic nitrogens is 4. The standard InChI is InChI=1S/C8H6Br2N4O/c1-13-7(6(10)3-11-13)8(15)14-4-5(9)2-12-14/h2-4H,1H3. The van der Waals surface area contributed by atoms with Gasteiger partial charge in [-0.25, -0.2) is 4.68 Å². The van der Waals surface area contributed by atoms with Crippen LogP contribution in [0.3, 0.4) is 0 Å². The SMILES string of the molecule is Cn1ncc(Br)c1C(=O)n1cc(Br)cn1. The lowest BCUT2D eigenvalue weighted by Gasteiger charge is -2.01. The summed E-state index contributed by atoms with van der Waals surface area (Å²) in [6.45, 7) is 0. The first-order valence-corrected chi connectivity index (χ1v) is 5.60. The van der Waals surface area contributed by atoms with Crippen LogP contribution in [0.25, 0.3) is 0 Å². The molecule has 78 valence electrons. The maximum Gasteiger partial charge on any atom is 0.297 e. The van der Waals surface area contributed by atoms with Crippen LogP contribution in [0.5, 0.6) is 0 Å². The van der Waals surface area contributed by atoms with Crippen molar-refractivity contribution in [2.75, 3.05) is 0 Å². The highest BCUT2D eigenvalue weighted by Crippen LogP contribution is 2.17. The number of nitrogens with zero attached hydrogens (tertiary/aromatic N) is 4. The molecule has 0 aliphatic heterocycles. The fourth-order valence-electron chi connectivity index (χ4n) is 1.17. The first-order valence-electron chi connectivity index (χ1n) is 4.02. The Balaban J connectivity index is 2.45. The van der Waals surface area contributed by atoms with Gasteiger partial charge in [-0.15, -0.1) is 0 Å². The minimum absolute atomic E-state index is 0.229. The lowest BCUT2D eigenvalue weighted by atomic mass is 10.4. The topological polar surface area (TPSA) is 52.7 Å². The van der Waals surface area contributed by atoms with Crippen LogP contribution < -0.4 is 0 Å². The van der Waals surface area contributed by atoms with E-state index in [4.69, 9.17) is 0 Å². The van der Waals surface area contributed by atoms with E-state index in [1.54, 1.807) is 25.6 Å². The summed E-state index contributed by atoms with van der Waals surface area (Å²) < 4.78 is 4.17. The molecule has 2 rings (SSSR count). The molecule has 5 nitrogen and oxygen atoms in total. The van der Waals surface area contributed by atoms with Gasteiger partial charge in [0.25, 0.3) is 5.91 Å². The predicted octanol–water partition coefficient (Wildman–Crippen LogP) is 1.83. The molecule has 0 amide bonds. The van der Waals surface area contributed by atoms with Crippen LogP contribution in [0, 0.1) is 0 Å². The Hall–Kier alpha value is -0.950. The molecule has 0 atom stereocenters. The van der Waals surface area contributed by atoms with E-state index in [1.165, 1.54) is 9.36 Å². The van der Waals surface area contributed by atoms with Gasteiger partial charge < -0.3 is 0 Å². The minimum Gasteiger partial charge on any atom is -0.265 e. The van der Waals surface area contributed by atoms with Crippen molar-refractivity contribution >= 4 is 37.8 Å². The first-order chi connectivity index (χ1) is 7.09. The van der Waals surface area contributed by atoms with Crippen molar-refractivity contribution in [2.45, 2.75) is 0 Å². The molecule has 0 radical (unpaired) electrons. The third-order valence-electron chi connectivity index (χ3n) is 1.86. The summed E-state index contributed by atoms with van der Waals surface area (Å²) >= 11 is 6.50. The Morgan fingerprint density at radius 1 is 1.33 bits per heavy atom. The molecule has 15 heavy (non-hydrogen) atoms. The molecular weight excluding hydrogens is 328 g/mol. The predicted molar refractivity (Wildman–Crippen MR) is 60.6 cm³/mol. The van der Waals surface area contributed by atoms with Gasteiger partial charge in [-0.2, -0.15) is 10.2 Å². The molecule has 0 spiro atoms. The normalized spacial score (nSPS) is 10.6. The number of hydrogen-bond donors (Lipinski definition) is 0. The Labute approximate surface area is 102 Å². The van der Waals surface area contributed by atoms with Crippen LogP contribution in [-0.2, 0) is 7.05 Å². The van der Waals surface area contributed by atoms with E-state index in [-0.39, 0.29) is 5.91 Å².